The molecule has 19 heavy (non-hydrogen) atoms. The number of carbonyl (C=O) groups is 1. The first-order chi connectivity index (χ1) is 9.13. The molecule has 1 saturated carbocycles. The number of carbonyl (C=O) groups excluding carboxylic acids is 1. The fourth-order valence-electron chi connectivity index (χ4n) is 2.62. The molecule has 1 aliphatic heterocycles. The number of furan rings is 1. The number of hydrogen-bond acceptors (Lipinski definition) is 4. The molecule has 2 aliphatic rings. The molecule has 2 heterocycles. The number of aliphatic hydroxyl groups is 1. The summed E-state index contributed by atoms with van der Waals surface area (Å²) < 4.78 is 5.56. The van der Waals surface area contributed by atoms with Crippen LogP contribution in [0.15, 0.2) is 16.5 Å². The van der Waals surface area contributed by atoms with Crippen LogP contribution < -0.4 is 5.32 Å². The van der Waals surface area contributed by atoms with Crippen molar-refractivity contribution in [2.24, 2.45) is 0 Å². The van der Waals surface area contributed by atoms with Crippen molar-refractivity contribution in [1.29, 1.82) is 0 Å². The number of nitrogens with one attached hydrogen (secondary N) is 1. The first-order valence-electron chi connectivity index (χ1n) is 6.90. The average Bonchev–Trinajstić information content (AvgIpc) is 3.00. The van der Waals surface area contributed by atoms with Crippen molar-refractivity contribution in [3.05, 3.63) is 23.7 Å². The van der Waals surface area contributed by atoms with Gasteiger partial charge in [-0.2, -0.15) is 0 Å². The smallest absolute Gasteiger partial charge is 0.240 e. The predicted molar refractivity (Wildman–Crippen MR) is 69.4 cm³/mol. The highest BCUT2D eigenvalue weighted by molar-refractivity contribution is 5.82. The molecular weight excluding hydrogens is 244 g/mol. The zero-order chi connectivity index (χ0) is 13.4. The van der Waals surface area contributed by atoms with E-state index >= 15 is 0 Å². The van der Waals surface area contributed by atoms with Gasteiger partial charge in [-0.1, -0.05) is 0 Å². The maximum Gasteiger partial charge on any atom is 0.240 e. The van der Waals surface area contributed by atoms with Crippen molar-refractivity contribution in [3.63, 3.8) is 0 Å². The van der Waals surface area contributed by atoms with Gasteiger partial charge in [0.15, 0.2) is 0 Å². The van der Waals surface area contributed by atoms with Gasteiger partial charge in [0.05, 0.1) is 18.7 Å². The van der Waals surface area contributed by atoms with Gasteiger partial charge < -0.3 is 19.7 Å². The van der Waals surface area contributed by atoms with Crippen molar-refractivity contribution in [2.75, 3.05) is 6.54 Å². The lowest BCUT2D eigenvalue weighted by atomic mass is 10.1. The zero-order valence-electron chi connectivity index (χ0n) is 11.1. The molecule has 0 bridgehead atoms. The molecule has 0 radical (unpaired) electrons. The molecule has 1 aromatic rings. The summed E-state index contributed by atoms with van der Waals surface area (Å²) in [7, 11) is 0. The second-order valence-corrected chi connectivity index (χ2v) is 5.56. The summed E-state index contributed by atoms with van der Waals surface area (Å²) >= 11 is 0. The highest BCUT2D eigenvalue weighted by Crippen LogP contribution is 2.30. The summed E-state index contributed by atoms with van der Waals surface area (Å²) in [4.78, 5) is 14.4. The van der Waals surface area contributed by atoms with E-state index in [4.69, 9.17) is 4.42 Å². The van der Waals surface area contributed by atoms with Gasteiger partial charge in [-0.05, 0) is 38.3 Å². The Morgan fingerprint density at radius 3 is 2.84 bits per heavy atom. The number of aryl methyl sites for hydroxylation is 1. The molecule has 0 aromatic carbocycles. The van der Waals surface area contributed by atoms with Crippen LogP contribution in [0, 0.1) is 6.92 Å². The van der Waals surface area contributed by atoms with Gasteiger partial charge in [0.2, 0.25) is 5.91 Å². The van der Waals surface area contributed by atoms with Crippen LogP contribution in [0.25, 0.3) is 0 Å². The number of rotatable bonds is 4. The Morgan fingerprint density at radius 2 is 2.32 bits per heavy atom. The Kier molecular flexibility index (Phi) is 3.33. The highest BCUT2D eigenvalue weighted by Gasteiger charge is 2.38. The van der Waals surface area contributed by atoms with Gasteiger partial charge >= 0.3 is 0 Å². The van der Waals surface area contributed by atoms with Crippen molar-refractivity contribution < 1.29 is 14.3 Å². The molecule has 1 amide bonds. The van der Waals surface area contributed by atoms with Crippen LogP contribution in [-0.2, 0) is 11.3 Å². The van der Waals surface area contributed by atoms with E-state index < -0.39 is 6.10 Å². The van der Waals surface area contributed by atoms with Gasteiger partial charge in [-0.15, -0.1) is 0 Å². The van der Waals surface area contributed by atoms with E-state index in [-0.39, 0.29) is 11.9 Å². The number of β-amino-alcohol motifs (C(OH)–C–C–N with tert-alkyl or cyclic N) is 1. The third-order valence-corrected chi connectivity index (χ3v) is 3.80. The molecule has 5 heteroatoms. The zero-order valence-corrected chi connectivity index (χ0v) is 11.1. The fourth-order valence-corrected chi connectivity index (χ4v) is 2.62. The maximum atomic E-state index is 12.5. The quantitative estimate of drug-likeness (QED) is 0.844. The van der Waals surface area contributed by atoms with E-state index in [0.717, 1.165) is 24.4 Å². The molecule has 1 saturated heterocycles. The minimum atomic E-state index is -0.402. The standard InChI is InChI=1S/C14H20N2O3/c1-9-2-5-12(19-9)8-16(10-3-4-10)14(18)13-6-11(17)7-15-13/h2,5,10-11,13,15,17H,3-4,6-8H2,1H3. The summed E-state index contributed by atoms with van der Waals surface area (Å²) in [6.07, 6.45) is 2.25. The summed E-state index contributed by atoms with van der Waals surface area (Å²) in [6.45, 7) is 2.95. The van der Waals surface area contributed by atoms with Gasteiger partial charge in [0.1, 0.15) is 11.5 Å². The Bertz CT molecular complexity index is 467. The number of hydrogen-bond donors (Lipinski definition) is 2. The molecule has 2 N–H and O–H groups in total. The van der Waals surface area contributed by atoms with Crippen molar-refractivity contribution in [1.82, 2.24) is 10.2 Å². The molecule has 2 fully saturated rings. The van der Waals surface area contributed by atoms with Crippen LogP contribution in [0.3, 0.4) is 0 Å². The lowest BCUT2D eigenvalue weighted by Gasteiger charge is -2.24. The van der Waals surface area contributed by atoms with Gasteiger partial charge in [0, 0.05) is 12.6 Å². The molecule has 2 atom stereocenters. The van der Waals surface area contributed by atoms with Crippen LogP contribution in [0.5, 0.6) is 0 Å². The number of aliphatic hydroxyl groups excluding tert-OH is 1. The lowest BCUT2D eigenvalue weighted by Crippen LogP contribution is -2.44. The van der Waals surface area contributed by atoms with Crippen LogP contribution >= 0.6 is 0 Å². The van der Waals surface area contributed by atoms with E-state index in [9.17, 15) is 9.90 Å². The van der Waals surface area contributed by atoms with Gasteiger partial charge in [0.25, 0.3) is 0 Å². The maximum absolute atomic E-state index is 12.5. The lowest BCUT2D eigenvalue weighted by molar-refractivity contribution is -0.134. The highest BCUT2D eigenvalue weighted by atomic mass is 16.3. The molecule has 0 spiro atoms. The van der Waals surface area contributed by atoms with Crippen molar-refractivity contribution >= 4 is 5.91 Å². The summed E-state index contributed by atoms with van der Waals surface area (Å²) in [5.74, 6) is 1.79. The molecule has 1 aromatic heterocycles. The van der Waals surface area contributed by atoms with Crippen LogP contribution in [0.1, 0.15) is 30.8 Å². The van der Waals surface area contributed by atoms with E-state index in [1.807, 2.05) is 24.0 Å². The van der Waals surface area contributed by atoms with E-state index in [0.29, 0.717) is 25.6 Å². The Hall–Kier alpha value is -1.33. The van der Waals surface area contributed by atoms with Crippen LogP contribution in [0.2, 0.25) is 0 Å². The number of amides is 1. The Balaban J connectivity index is 1.68. The Morgan fingerprint density at radius 1 is 1.53 bits per heavy atom. The monoisotopic (exact) mass is 264 g/mol. The second kappa shape index (κ2) is 4.98. The molecule has 3 rings (SSSR count). The summed E-state index contributed by atoms with van der Waals surface area (Å²) in [5, 5.41) is 12.6. The van der Waals surface area contributed by atoms with Gasteiger partial charge in [-0.3, -0.25) is 4.79 Å². The summed E-state index contributed by atoms with van der Waals surface area (Å²) in [6, 6.07) is 3.95. The third-order valence-electron chi connectivity index (χ3n) is 3.80. The number of nitrogens with zero attached hydrogens (tertiary/aromatic N) is 1. The van der Waals surface area contributed by atoms with Crippen LogP contribution in [0.4, 0.5) is 0 Å². The first-order valence-corrected chi connectivity index (χ1v) is 6.90. The molecular formula is C14H20N2O3. The SMILES string of the molecule is Cc1ccc(CN(C(=O)C2CC(O)CN2)C2CC2)o1. The van der Waals surface area contributed by atoms with Gasteiger partial charge in [-0.25, -0.2) is 0 Å². The average molecular weight is 264 g/mol. The minimum absolute atomic E-state index is 0.0908. The van der Waals surface area contributed by atoms with Crippen molar-refractivity contribution in [3.8, 4) is 0 Å². The van der Waals surface area contributed by atoms with E-state index in [2.05, 4.69) is 5.32 Å². The fraction of sp³-hybridized carbons (Fsp3) is 0.643. The molecule has 104 valence electrons. The largest absolute Gasteiger partial charge is 0.464 e. The minimum Gasteiger partial charge on any atom is -0.464 e. The second-order valence-electron chi connectivity index (χ2n) is 5.56. The molecule has 2 unspecified atom stereocenters. The predicted octanol–water partition coefficient (Wildman–Crippen LogP) is 0.802. The van der Waals surface area contributed by atoms with E-state index in [1.54, 1.807) is 0 Å². The first kappa shape index (κ1) is 12.7. The van der Waals surface area contributed by atoms with E-state index in [1.165, 1.54) is 0 Å². The van der Waals surface area contributed by atoms with Crippen molar-refractivity contribution in [2.45, 2.75) is 50.9 Å². The Labute approximate surface area is 112 Å². The molecule has 1 aliphatic carbocycles. The topological polar surface area (TPSA) is 65.7 Å². The molecule has 5 nitrogen and oxygen atoms in total. The normalized spacial score (nSPS) is 26.6. The van der Waals surface area contributed by atoms with Crippen LogP contribution in [-0.4, -0.2) is 40.6 Å². The summed E-state index contributed by atoms with van der Waals surface area (Å²) in [5.41, 5.74) is 0. The third kappa shape index (κ3) is 2.82.